The molecule has 0 aromatic heterocycles. The highest BCUT2D eigenvalue weighted by Crippen LogP contribution is 2.09. The van der Waals surface area contributed by atoms with E-state index in [9.17, 15) is 8.42 Å². The molecule has 2 aromatic rings. The fraction of sp³-hybridized carbons (Fsp3) is 0.333. The van der Waals surface area contributed by atoms with E-state index >= 15 is 0 Å². The average Bonchev–Trinajstić information content (AvgIpc) is 2.54. The molecule has 5 heteroatoms. The van der Waals surface area contributed by atoms with Crippen LogP contribution in [0.3, 0.4) is 0 Å². The van der Waals surface area contributed by atoms with Gasteiger partial charge in [-0.3, -0.25) is 4.18 Å². The van der Waals surface area contributed by atoms with E-state index in [0.29, 0.717) is 13.2 Å². The number of ether oxygens (including phenoxy) is 1. The fourth-order valence-electron chi connectivity index (χ4n) is 2.12. The van der Waals surface area contributed by atoms with Crippen LogP contribution in [0.5, 0.6) is 0 Å². The first-order valence-corrected chi connectivity index (χ1v) is 9.38. The molecule has 4 nitrogen and oxygen atoms in total. The Morgan fingerprint density at radius 2 is 1.43 bits per heavy atom. The summed E-state index contributed by atoms with van der Waals surface area (Å²) >= 11 is 0. The van der Waals surface area contributed by atoms with Crippen LogP contribution in [0, 0.1) is 0 Å². The van der Waals surface area contributed by atoms with E-state index in [0.717, 1.165) is 24.7 Å². The molecule has 0 bridgehead atoms. The maximum Gasteiger partial charge on any atom is 0.264 e. The van der Waals surface area contributed by atoms with Crippen molar-refractivity contribution in [2.45, 2.75) is 26.1 Å². The number of rotatable bonds is 9. The van der Waals surface area contributed by atoms with Crippen LogP contribution in [-0.4, -0.2) is 21.3 Å². The van der Waals surface area contributed by atoms with Crippen LogP contribution < -0.4 is 0 Å². The van der Waals surface area contributed by atoms with Crippen LogP contribution in [-0.2, 0) is 38.7 Å². The minimum atomic E-state index is -3.39. The Labute approximate surface area is 138 Å². The lowest BCUT2D eigenvalue weighted by Crippen LogP contribution is -2.02. The normalized spacial score (nSPS) is 11.5. The molecule has 0 spiro atoms. The maximum atomic E-state index is 10.9. The van der Waals surface area contributed by atoms with E-state index in [1.165, 1.54) is 11.1 Å². The minimum Gasteiger partial charge on any atom is -0.377 e. The van der Waals surface area contributed by atoms with Crippen molar-refractivity contribution in [3.63, 3.8) is 0 Å². The van der Waals surface area contributed by atoms with Crippen molar-refractivity contribution >= 4 is 10.1 Å². The van der Waals surface area contributed by atoms with Gasteiger partial charge in [0.15, 0.2) is 0 Å². The van der Waals surface area contributed by atoms with Crippen LogP contribution in [0.25, 0.3) is 0 Å². The molecule has 0 aliphatic rings. The Morgan fingerprint density at radius 1 is 0.826 bits per heavy atom. The zero-order valence-corrected chi connectivity index (χ0v) is 14.1. The van der Waals surface area contributed by atoms with Crippen LogP contribution >= 0.6 is 0 Å². The topological polar surface area (TPSA) is 52.6 Å². The van der Waals surface area contributed by atoms with E-state index in [1.54, 1.807) is 0 Å². The quantitative estimate of drug-likeness (QED) is 0.521. The molecule has 0 saturated heterocycles. The third kappa shape index (κ3) is 7.41. The summed E-state index contributed by atoms with van der Waals surface area (Å²) in [4.78, 5) is 0. The second-order valence-corrected chi connectivity index (χ2v) is 7.07. The molecule has 2 rings (SSSR count). The molecule has 0 radical (unpaired) electrons. The highest BCUT2D eigenvalue weighted by Gasteiger charge is 2.02. The van der Waals surface area contributed by atoms with Gasteiger partial charge in [-0.2, -0.15) is 8.42 Å². The van der Waals surface area contributed by atoms with Crippen LogP contribution in [0.4, 0.5) is 0 Å². The highest BCUT2D eigenvalue weighted by molar-refractivity contribution is 7.85. The molecule has 0 fully saturated rings. The lowest BCUT2D eigenvalue weighted by Gasteiger charge is -2.06. The van der Waals surface area contributed by atoms with Gasteiger partial charge >= 0.3 is 0 Å². The predicted molar refractivity (Wildman–Crippen MR) is 90.5 cm³/mol. The number of hydrogen-bond acceptors (Lipinski definition) is 4. The Hall–Kier alpha value is -1.69. The number of benzene rings is 2. The Bertz CT molecular complexity index is 679. The van der Waals surface area contributed by atoms with Gasteiger partial charge in [-0.1, -0.05) is 54.6 Å². The molecule has 0 amide bonds. The van der Waals surface area contributed by atoms with Crippen molar-refractivity contribution in [3.05, 3.63) is 71.3 Å². The van der Waals surface area contributed by atoms with Gasteiger partial charge in [0.05, 0.1) is 19.5 Å². The summed E-state index contributed by atoms with van der Waals surface area (Å²) in [6.07, 6.45) is 2.94. The van der Waals surface area contributed by atoms with Gasteiger partial charge in [0.1, 0.15) is 0 Å². The summed E-state index contributed by atoms with van der Waals surface area (Å²) in [6.45, 7) is 1.44. The van der Waals surface area contributed by atoms with Gasteiger partial charge in [-0.05, 0) is 29.5 Å². The lowest BCUT2D eigenvalue weighted by atomic mass is 10.1. The third-order valence-electron chi connectivity index (χ3n) is 3.33. The molecule has 0 N–H and O–H groups in total. The third-order valence-corrected chi connectivity index (χ3v) is 3.87. The SMILES string of the molecule is CS(=O)(=O)OCc1ccc(CCCOCc2ccccc2)cc1. The molecule has 2 aromatic carbocycles. The smallest absolute Gasteiger partial charge is 0.264 e. The highest BCUT2D eigenvalue weighted by atomic mass is 32.2. The molecule has 0 aliphatic heterocycles. The molecule has 0 heterocycles. The monoisotopic (exact) mass is 334 g/mol. The van der Waals surface area contributed by atoms with Crippen LogP contribution in [0.1, 0.15) is 23.1 Å². The Balaban J connectivity index is 1.66. The van der Waals surface area contributed by atoms with Gasteiger partial charge in [0, 0.05) is 6.61 Å². The van der Waals surface area contributed by atoms with Crippen molar-refractivity contribution in [3.8, 4) is 0 Å². The Morgan fingerprint density at radius 3 is 2.09 bits per heavy atom. The van der Waals surface area contributed by atoms with Crippen molar-refractivity contribution in [1.82, 2.24) is 0 Å². The summed E-state index contributed by atoms with van der Waals surface area (Å²) in [7, 11) is -3.39. The minimum absolute atomic E-state index is 0.0826. The number of aryl methyl sites for hydroxylation is 1. The summed E-state index contributed by atoms with van der Waals surface area (Å²) in [5.74, 6) is 0. The molecule has 23 heavy (non-hydrogen) atoms. The summed E-state index contributed by atoms with van der Waals surface area (Å²) < 4.78 is 32.3. The zero-order chi connectivity index (χ0) is 16.5. The molecular formula is C18H22O4S. The predicted octanol–water partition coefficient (Wildman–Crippen LogP) is 3.31. The molecule has 0 atom stereocenters. The van der Waals surface area contributed by atoms with Crippen molar-refractivity contribution in [2.24, 2.45) is 0 Å². The van der Waals surface area contributed by atoms with Gasteiger partial charge in [0.25, 0.3) is 10.1 Å². The van der Waals surface area contributed by atoms with E-state index < -0.39 is 10.1 Å². The molecule has 124 valence electrons. The van der Waals surface area contributed by atoms with Crippen molar-refractivity contribution in [2.75, 3.05) is 12.9 Å². The zero-order valence-electron chi connectivity index (χ0n) is 13.3. The largest absolute Gasteiger partial charge is 0.377 e. The first kappa shape index (κ1) is 17.7. The second kappa shape index (κ2) is 8.82. The van der Waals surface area contributed by atoms with E-state index in [4.69, 9.17) is 8.92 Å². The molecule has 0 unspecified atom stereocenters. The summed E-state index contributed by atoms with van der Waals surface area (Å²) in [5, 5.41) is 0. The van der Waals surface area contributed by atoms with Crippen molar-refractivity contribution in [1.29, 1.82) is 0 Å². The van der Waals surface area contributed by atoms with E-state index in [-0.39, 0.29) is 6.61 Å². The van der Waals surface area contributed by atoms with Crippen molar-refractivity contribution < 1.29 is 17.3 Å². The van der Waals surface area contributed by atoms with Gasteiger partial charge in [-0.15, -0.1) is 0 Å². The first-order valence-electron chi connectivity index (χ1n) is 7.57. The number of hydrogen-bond donors (Lipinski definition) is 0. The van der Waals surface area contributed by atoms with Gasteiger partial charge in [-0.25, -0.2) is 0 Å². The first-order chi connectivity index (χ1) is 11.0. The van der Waals surface area contributed by atoms with Gasteiger partial charge < -0.3 is 4.74 Å². The summed E-state index contributed by atoms with van der Waals surface area (Å²) in [5.41, 5.74) is 3.23. The molecule has 0 aliphatic carbocycles. The van der Waals surface area contributed by atoms with Crippen LogP contribution in [0.2, 0.25) is 0 Å². The maximum absolute atomic E-state index is 10.9. The fourth-order valence-corrected chi connectivity index (χ4v) is 2.47. The average molecular weight is 334 g/mol. The molecule has 0 saturated carbocycles. The lowest BCUT2D eigenvalue weighted by molar-refractivity contribution is 0.118. The molecular weight excluding hydrogens is 312 g/mol. The Kier molecular flexibility index (Phi) is 6.77. The standard InChI is InChI=1S/C18H22O4S/c1-23(19,20)22-15-18-11-9-16(10-12-18)8-5-13-21-14-17-6-3-2-4-7-17/h2-4,6-7,9-12H,5,8,13-15H2,1H3. The van der Waals surface area contributed by atoms with Crippen LogP contribution in [0.15, 0.2) is 54.6 Å². The van der Waals surface area contributed by atoms with Gasteiger partial charge in [0.2, 0.25) is 0 Å². The van der Waals surface area contributed by atoms with E-state index in [1.807, 2.05) is 42.5 Å². The van der Waals surface area contributed by atoms with E-state index in [2.05, 4.69) is 12.1 Å². The summed E-state index contributed by atoms with van der Waals surface area (Å²) in [6, 6.07) is 17.9. The second-order valence-electron chi connectivity index (χ2n) is 5.42.